The summed E-state index contributed by atoms with van der Waals surface area (Å²) in [5, 5.41) is 10.3. The van der Waals surface area contributed by atoms with E-state index in [4.69, 9.17) is 9.47 Å². The summed E-state index contributed by atoms with van der Waals surface area (Å²) < 4.78 is 39.9. The number of anilines is 1. The van der Waals surface area contributed by atoms with E-state index in [2.05, 4.69) is 4.72 Å². The molecule has 4 rings (SSSR count). The Morgan fingerprint density at radius 3 is 2.23 bits per heavy atom. The first-order chi connectivity index (χ1) is 16.4. The first-order valence-corrected chi connectivity index (χ1v) is 12.8. The minimum Gasteiger partial charge on any atom is -0.507 e. The molecule has 0 amide bonds. The van der Waals surface area contributed by atoms with Crippen molar-refractivity contribution in [3.05, 3.63) is 76.3 Å². The Bertz CT molecular complexity index is 1400. The molecule has 1 aliphatic rings. The van der Waals surface area contributed by atoms with Crippen LogP contribution in [0, 0.1) is 27.7 Å². The number of nitrogens with one attached hydrogen (secondary N) is 1. The van der Waals surface area contributed by atoms with Crippen molar-refractivity contribution in [2.24, 2.45) is 0 Å². The molecule has 1 aliphatic heterocycles. The second kappa shape index (κ2) is 8.92. The number of fused-ring (bicyclic) bond motifs is 1. The van der Waals surface area contributed by atoms with Gasteiger partial charge >= 0.3 is 0 Å². The van der Waals surface area contributed by atoms with E-state index in [1.807, 2.05) is 20.8 Å². The smallest absolute Gasteiger partial charge is 0.261 e. The summed E-state index contributed by atoms with van der Waals surface area (Å²) in [6.45, 7) is 9.16. The van der Waals surface area contributed by atoms with Gasteiger partial charge in [0.2, 0.25) is 0 Å². The van der Waals surface area contributed by atoms with Gasteiger partial charge in [-0.05, 0) is 82.1 Å². The average molecular weight is 496 g/mol. The van der Waals surface area contributed by atoms with Gasteiger partial charge in [-0.2, -0.15) is 0 Å². The van der Waals surface area contributed by atoms with Crippen LogP contribution in [-0.2, 0) is 10.0 Å². The molecule has 8 heteroatoms. The number of phenols is 1. The summed E-state index contributed by atoms with van der Waals surface area (Å²) in [7, 11) is -3.70. The highest BCUT2D eigenvalue weighted by atomic mass is 32.2. The fourth-order valence-corrected chi connectivity index (χ4v) is 5.21. The molecule has 3 aromatic carbocycles. The molecular formula is C27H29NO6S. The van der Waals surface area contributed by atoms with Crippen LogP contribution in [0.2, 0.25) is 0 Å². The van der Waals surface area contributed by atoms with Gasteiger partial charge in [0.05, 0.1) is 16.9 Å². The van der Waals surface area contributed by atoms with Crippen LogP contribution in [0.3, 0.4) is 0 Å². The molecule has 35 heavy (non-hydrogen) atoms. The molecular weight excluding hydrogens is 466 g/mol. The van der Waals surface area contributed by atoms with Crippen molar-refractivity contribution >= 4 is 21.5 Å². The Morgan fingerprint density at radius 1 is 0.971 bits per heavy atom. The van der Waals surface area contributed by atoms with E-state index < -0.39 is 15.6 Å². The van der Waals surface area contributed by atoms with E-state index in [-0.39, 0.29) is 29.5 Å². The van der Waals surface area contributed by atoms with Gasteiger partial charge in [-0.3, -0.25) is 9.52 Å². The zero-order valence-electron chi connectivity index (χ0n) is 20.4. The zero-order chi connectivity index (χ0) is 25.5. The molecule has 0 saturated heterocycles. The summed E-state index contributed by atoms with van der Waals surface area (Å²) in [4.78, 5) is 13.1. The number of phenolic OH excluding ortho intramolecular Hbond substituents is 1. The fraction of sp³-hybridized carbons (Fsp3) is 0.296. The van der Waals surface area contributed by atoms with E-state index >= 15 is 0 Å². The maximum atomic E-state index is 13.0. The Labute approximate surface area is 205 Å². The second-order valence-corrected chi connectivity index (χ2v) is 11.0. The van der Waals surface area contributed by atoms with Crippen molar-refractivity contribution in [1.82, 2.24) is 0 Å². The summed E-state index contributed by atoms with van der Waals surface area (Å²) in [5.74, 6) is 1.02. The molecule has 1 heterocycles. The number of rotatable bonds is 6. The summed E-state index contributed by atoms with van der Waals surface area (Å²) >= 11 is 0. The van der Waals surface area contributed by atoms with Gasteiger partial charge in [0.25, 0.3) is 10.0 Å². The van der Waals surface area contributed by atoms with Crippen LogP contribution in [0.4, 0.5) is 5.69 Å². The predicted molar refractivity (Wildman–Crippen MR) is 134 cm³/mol. The molecule has 0 aliphatic carbocycles. The third-order valence-electron chi connectivity index (χ3n) is 6.36. The maximum absolute atomic E-state index is 13.0. The Kier molecular flexibility index (Phi) is 6.27. The molecule has 0 saturated carbocycles. The van der Waals surface area contributed by atoms with E-state index in [1.165, 1.54) is 0 Å². The fourth-order valence-electron chi connectivity index (χ4n) is 4.15. The number of sulfonamides is 1. The SMILES string of the molecule is Cc1ccc(S(=O)(=O)Nc2ccc(OCC3(C)CC(=O)c4c(C)c(O)c(C)c(C)c4O3)cc2)cc1. The number of benzene rings is 3. The number of ether oxygens (including phenoxy) is 2. The lowest BCUT2D eigenvalue weighted by Crippen LogP contribution is -2.44. The normalized spacial score (nSPS) is 17.5. The molecule has 0 bridgehead atoms. The number of Topliss-reactive ketones (excluding diaryl/α,β-unsaturated/α-hetero) is 1. The maximum Gasteiger partial charge on any atom is 0.261 e. The molecule has 0 spiro atoms. The minimum atomic E-state index is -3.70. The van der Waals surface area contributed by atoms with Crippen molar-refractivity contribution in [3.63, 3.8) is 0 Å². The highest BCUT2D eigenvalue weighted by Crippen LogP contribution is 2.43. The largest absolute Gasteiger partial charge is 0.507 e. The van der Waals surface area contributed by atoms with Gasteiger partial charge in [-0.1, -0.05) is 17.7 Å². The number of hydrogen-bond acceptors (Lipinski definition) is 6. The molecule has 184 valence electrons. The molecule has 1 atom stereocenters. The number of aryl methyl sites for hydroxylation is 1. The summed E-state index contributed by atoms with van der Waals surface area (Å²) in [6, 6.07) is 13.2. The third kappa shape index (κ3) is 4.84. The Hall–Kier alpha value is -3.52. The van der Waals surface area contributed by atoms with Crippen LogP contribution in [0.25, 0.3) is 0 Å². The topological polar surface area (TPSA) is 102 Å². The highest BCUT2D eigenvalue weighted by molar-refractivity contribution is 7.92. The minimum absolute atomic E-state index is 0.103. The van der Waals surface area contributed by atoms with Gasteiger partial charge in [-0.15, -0.1) is 0 Å². The quantitative estimate of drug-likeness (QED) is 0.486. The lowest BCUT2D eigenvalue weighted by Gasteiger charge is -2.36. The highest BCUT2D eigenvalue weighted by Gasteiger charge is 2.40. The standard InChI is InChI=1S/C27H29NO6S/c1-16-6-12-22(13-7-16)35(31,32)28-20-8-10-21(11-9-20)33-15-27(5)14-23(29)24-19(4)25(30)17(2)18(3)26(24)34-27/h6-13,28,30H,14-15H2,1-5H3. The van der Waals surface area contributed by atoms with E-state index in [1.54, 1.807) is 62.4 Å². The zero-order valence-corrected chi connectivity index (χ0v) is 21.2. The molecule has 3 aromatic rings. The van der Waals surface area contributed by atoms with Gasteiger partial charge in [0.15, 0.2) is 5.78 Å². The van der Waals surface area contributed by atoms with Crippen LogP contribution in [0.15, 0.2) is 53.4 Å². The van der Waals surface area contributed by atoms with Crippen LogP contribution < -0.4 is 14.2 Å². The van der Waals surface area contributed by atoms with Crippen molar-refractivity contribution in [1.29, 1.82) is 0 Å². The van der Waals surface area contributed by atoms with Crippen LogP contribution >= 0.6 is 0 Å². The van der Waals surface area contributed by atoms with Crippen molar-refractivity contribution in [2.75, 3.05) is 11.3 Å². The van der Waals surface area contributed by atoms with Crippen molar-refractivity contribution in [3.8, 4) is 17.2 Å². The number of carbonyl (C=O) groups excluding carboxylic acids is 1. The molecule has 0 radical (unpaired) electrons. The molecule has 2 N–H and O–H groups in total. The van der Waals surface area contributed by atoms with Crippen LogP contribution in [0.5, 0.6) is 17.2 Å². The van der Waals surface area contributed by atoms with Gasteiger partial charge in [0.1, 0.15) is 29.5 Å². The van der Waals surface area contributed by atoms with E-state index in [0.29, 0.717) is 33.9 Å². The summed E-state index contributed by atoms with van der Waals surface area (Å²) in [5.41, 5.74) is 2.85. The van der Waals surface area contributed by atoms with Crippen molar-refractivity contribution < 1.29 is 27.8 Å². The first-order valence-electron chi connectivity index (χ1n) is 11.3. The van der Waals surface area contributed by atoms with E-state index in [0.717, 1.165) is 11.1 Å². The number of hydrogen-bond donors (Lipinski definition) is 2. The predicted octanol–water partition coefficient (Wildman–Crippen LogP) is 5.23. The number of ketones is 1. The molecule has 1 unspecified atom stereocenters. The lowest BCUT2D eigenvalue weighted by atomic mass is 9.86. The van der Waals surface area contributed by atoms with Gasteiger partial charge in [-0.25, -0.2) is 8.42 Å². The average Bonchev–Trinajstić information content (AvgIpc) is 2.80. The van der Waals surface area contributed by atoms with Gasteiger partial charge in [0, 0.05) is 11.3 Å². The third-order valence-corrected chi connectivity index (χ3v) is 7.76. The van der Waals surface area contributed by atoms with Gasteiger partial charge < -0.3 is 14.6 Å². The van der Waals surface area contributed by atoms with Crippen LogP contribution in [0.1, 0.15) is 46.0 Å². The summed E-state index contributed by atoms with van der Waals surface area (Å²) in [6.07, 6.45) is 0.108. The monoisotopic (exact) mass is 495 g/mol. The number of aromatic hydroxyl groups is 1. The lowest BCUT2D eigenvalue weighted by molar-refractivity contribution is 0.0182. The number of carbonyl (C=O) groups is 1. The van der Waals surface area contributed by atoms with Crippen LogP contribution in [-0.4, -0.2) is 31.5 Å². The van der Waals surface area contributed by atoms with Crippen molar-refractivity contribution in [2.45, 2.75) is 51.5 Å². The molecule has 0 aromatic heterocycles. The Morgan fingerprint density at radius 2 is 1.60 bits per heavy atom. The Balaban J connectivity index is 1.46. The van der Waals surface area contributed by atoms with E-state index in [9.17, 15) is 18.3 Å². The molecule has 7 nitrogen and oxygen atoms in total. The second-order valence-electron chi connectivity index (χ2n) is 9.31. The molecule has 0 fully saturated rings. The first kappa shape index (κ1) is 24.6.